The van der Waals surface area contributed by atoms with Crippen molar-refractivity contribution in [2.24, 2.45) is 0 Å². The minimum absolute atomic E-state index is 0.196. The van der Waals surface area contributed by atoms with Crippen LogP contribution in [0.1, 0.15) is 58.1 Å². The maximum atomic E-state index is 13.3. The molecule has 0 spiro atoms. The number of halogens is 1. The Kier molecular flexibility index (Phi) is 7.58. The van der Waals surface area contributed by atoms with Gasteiger partial charge in [-0.3, -0.25) is 9.59 Å². The predicted octanol–water partition coefficient (Wildman–Crippen LogP) is 3.80. The first kappa shape index (κ1) is 27.4. The Morgan fingerprint density at radius 3 is 2.67 bits per heavy atom. The summed E-state index contributed by atoms with van der Waals surface area (Å²) in [6, 6.07) is 6.17. The average molecular weight is 573 g/mol. The largest absolute Gasteiger partial charge is 0.444 e. The van der Waals surface area contributed by atoms with Gasteiger partial charge in [-0.1, -0.05) is 11.6 Å². The van der Waals surface area contributed by atoms with Gasteiger partial charge >= 0.3 is 6.09 Å². The number of aromatic amines is 1. The van der Waals surface area contributed by atoms with Crippen LogP contribution < -0.4 is 10.6 Å². The van der Waals surface area contributed by atoms with E-state index in [0.29, 0.717) is 28.7 Å². The van der Waals surface area contributed by atoms with Crippen LogP contribution >= 0.6 is 22.9 Å². The minimum Gasteiger partial charge on any atom is -0.444 e. The highest BCUT2D eigenvalue weighted by Gasteiger charge is 2.36. The third-order valence-electron chi connectivity index (χ3n) is 6.84. The lowest BCUT2D eigenvalue weighted by Gasteiger charge is -2.39. The monoisotopic (exact) mass is 572 g/mol. The van der Waals surface area contributed by atoms with Crippen LogP contribution in [0.3, 0.4) is 0 Å². The molecule has 1 saturated heterocycles. The highest BCUT2D eigenvalue weighted by atomic mass is 35.5. The van der Waals surface area contributed by atoms with E-state index in [-0.39, 0.29) is 18.4 Å². The second-order valence-electron chi connectivity index (χ2n) is 11.2. The number of benzene rings is 1. The van der Waals surface area contributed by atoms with Crippen molar-refractivity contribution in [3.05, 3.63) is 50.6 Å². The van der Waals surface area contributed by atoms with Crippen molar-refractivity contribution >= 4 is 51.7 Å². The summed E-state index contributed by atoms with van der Waals surface area (Å²) in [6.07, 6.45) is 0.799. The summed E-state index contributed by atoms with van der Waals surface area (Å²) in [4.78, 5) is 52.0. The molecule has 1 aromatic carbocycles. The summed E-state index contributed by atoms with van der Waals surface area (Å²) in [5.41, 5.74) is 1.51. The molecular weight excluding hydrogens is 540 g/mol. The van der Waals surface area contributed by atoms with E-state index < -0.39 is 23.8 Å². The number of H-pyrrole nitrogens is 1. The van der Waals surface area contributed by atoms with Crippen LogP contribution in [0.25, 0.3) is 10.9 Å². The number of fused-ring (bicyclic) bond motifs is 2. The normalized spacial score (nSPS) is 20.0. The molecule has 0 aliphatic carbocycles. The zero-order valence-corrected chi connectivity index (χ0v) is 24.0. The first-order chi connectivity index (χ1) is 18.4. The summed E-state index contributed by atoms with van der Waals surface area (Å²) < 4.78 is 5.57. The number of hydrogen-bond donors (Lipinski definition) is 3. The number of aromatic nitrogens is 2. The number of likely N-dealkylation sites (tertiary alicyclic amines) is 1. The molecule has 0 saturated carbocycles. The van der Waals surface area contributed by atoms with E-state index >= 15 is 0 Å². The average Bonchev–Trinajstić information content (AvgIpc) is 3.47. The second kappa shape index (κ2) is 10.8. The number of ether oxygens (including phenoxy) is 1. The van der Waals surface area contributed by atoms with Gasteiger partial charge < -0.3 is 30.2 Å². The molecule has 10 nitrogen and oxygen atoms in total. The number of carbonyl (C=O) groups excluding carboxylic acids is 3. The topological polar surface area (TPSA) is 120 Å². The molecule has 2 atom stereocenters. The van der Waals surface area contributed by atoms with Gasteiger partial charge in [0.05, 0.1) is 17.8 Å². The van der Waals surface area contributed by atoms with E-state index in [1.807, 2.05) is 33.9 Å². The SMILES string of the molecule is CN1CCc2nc(C(=O)N[C@@H]3CN(C(=O)OC(C)(C)C)CC[C@@H]3NC(=O)c3cc4cc(Cl)ccc4[nH]3)sc2C1. The van der Waals surface area contributed by atoms with Crippen molar-refractivity contribution in [1.82, 2.24) is 30.4 Å². The van der Waals surface area contributed by atoms with Crippen LogP contribution in [0, 0.1) is 0 Å². The van der Waals surface area contributed by atoms with Gasteiger partial charge in [-0.05, 0) is 58.5 Å². The van der Waals surface area contributed by atoms with Crippen molar-refractivity contribution in [2.45, 2.75) is 57.8 Å². The van der Waals surface area contributed by atoms with Crippen molar-refractivity contribution in [3.8, 4) is 0 Å². The van der Waals surface area contributed by atoms with Crippen molar-refractivity contribution < 1.29 is 19.1 Å². The number of piperidine rings is 1. The van der Waals surface area contributed by atoms with Crippen LogP contribution in [0.5, 0.6) is 0 Å². The number of hydrogen-bond acceptors (Lipinski definition) is 7. The fraction of sp³-hybridized carbons (Fsp3) is 0.481. The maximum Gasteiger partial charge on any atom is 0.410 e. The van der Waals surface area contributed by atoms with Gasteiger partial charge in [0.2, 0.25) is 0 Å². The Morgan fingerprint density at radius 1 is 1.13 bits per heavy atom. The van der Waals surface area contributed by atoms with Crippen molar-refractivity contribution in [2.75, 3.05) is 26.7 Å². The molecule has 2 aliphatic rings. The quantitative estimate of drug-likeness (QED) is 0.437. The molecule has 3 N–H and O–H groups in total. The van der Waals surface area contributed by atoms with Crippen molar-refractivity contribution in [3.63, 3.8) is 0 Å². The van der Waals surface area contributed by atoms with E-state index in [0.717, 1.165) is 41.0 Å². The number of rotatable bonds is 4. The third kappa shape index (κ3) is 6.37. The van der Waals surface area contributed by atoms with E-state index in [1.54, 1.807) is 23.1 Å². The highest BCUT2D eigenvalue weighted by molar-refractivity contribution is 7.13. The molecule has 3 aromatic rings. The van der Waals surface area contributed by atoms with E-state index in [9.17, 15) is 14.4 Å². The lowest BCUT2D eigenvalue weighted by atomic mass is 9.99. The lowest BCUT2D eigenvalue weighted by molar-refractivity contribution is 0.0161. The van der Waals surface area contributed by atoms with E-state index in [4.69, 9.17) is 16.3 Å². The number of carbonyl (C=O) groups is 3. The second-order valence-corrected chi connectivity index (χ2v) is 12.7. The fourth-order valence-corrected chi connectivity index (χ4v) is 6.16. The van der Waals surface area contributed by atoms with Gasteiger partial charge in [0.25, 0.3) is 11.8 Å². The summed E-state index contributed by atoms with van der Waals surface area (Å²) in [5, 5.41) is 7.91. The van der Waals surface area contributed by atoms with Gasteiger partial charge in [-0.2, -0.15) is 0 Å². The van der Waals surface area contributed by atoms with Crippen LogP contribution in [0.2, 0.25) is 5.02 Å². The van der Waals surface area contributed by atoms with E-state index in [2.05, 4.69) is 25.5 Å². The number of likely N-dealkylation sites (N-methyl/N-ethyl adjacent to an activating group) is 1. The highest BCUT2D eigenvalue weighted by Crippen LogP contribution is 2.25. The Bertz CT molecular complexity index is 1410. The number of amides is 3. The molecule has 0 unspecified atom stereocenters. The zero-order chi connectivity index (χ0) is 27.9. The Balaban J connectivity index is 1.33. The molecule has 12 heteroatoms. The van der Waals surface area contributed by atoms with Gasteiger partial charge in [0.15, 0.2) is 5.01 Å². The molecule has 5 rings (SSSR count). The van der Waals surface area contributed by atoms with E-state index in [1.165, 1.54) is 11.3 Å². The molecular formula is C27H33ClN6O4S. The molecule has 0 radical (unpaired) electrons. The predicted molar refractivity (Wildman–Crippen MR) is 150 cm³/mol. The standard InChI is InChI=1S/C27H33ClN6O4S/c1-27(2,3)38-26(37)34-10-8-18(30-23(35)20-12-15-11-16(28)5-6-17(15)29-20)21(13-34)31-24(36)25-32-19-7-9-33(4)14-22(19)39-25/h5-6,11-12,18,21,29H,7-10,13-14H2,1-4H3,(H,30,35)(H,31,36)/t18-,21+/m0/s1. The smallest absolute Gasteiger partial charge is 0.410 e. The van der Waals surface area contributed by atoms with Gasteiger partial charge in [0, 0.05) is 53.4 Å². The van der Waals surface area contributed by atoms with Crippen LogP contribution in [0.15, 0.2) is 24.3 Å². The Labute approximate surface area is 236 Å². The number of thiazole rings is 1. The Morgan fingerprint density at radius 2 is 1.90 bits per heavy atom. The molecule has 39 heavy (non-hydrogen) atoms. The summed E-state index contributed by atoms with van der Waals surface area (Å²) in [7, 11) is 2.05. The summed E-state index contributed by atoms with van der Waals surface area (Å²) in [5.74, 6) is -0.613. The molecule has 3 amide bonds. The van der Waals surface area contributed by atoms with Gasteiger partial charge in [-0.15, -0.1) is 11.3 Å². The molecule has 0 bridgehead atoms. The number of nitrogens with zero attached hydrogens (tertiary/aromatic N) is 3. The first-order valence-electron chi connectivity index (χ1n) is 13.0. The molecule has 2 aliphatic heterocycles. The van der Waals surface area contributed by atoms with Crippen LogP contribution in [-0.4, -0.2) is 82.0 Å². The summed E-state index contributed by atoms with van der Waals surface area (Å²) >= 11 is 7.49. The maximum absolute atomic E-state index is 13.3. The molecule has 208 valence electrons. The number of nitrogens with one attached hydrogen (secondary N) is 3. The summed E-state index contributed by atoms with van der Waals surface area (Å²) in [6.45, 7) is 7.68. The fourth-order valence-electron chi connectivity index (χ4n) is 4.89. The lowest BCUT2D eigenvalue weighted by Crippen LogP contribution is -2.61. The van der Waals surface area contributed by atoms with Crippen LogP contribution in [-0.2, 0) is 17.7 Å². The third-order valence-corrected chi connectivity index (χ3v) is 8.16. The minimum atomic E-state index is -0.646. The van der Waals surface area contributed by atoms with Gasteiger partial charge in [0.1, 0.15) is 11.3 Å². The molecule has 1 fully saturated rings. The van der Waals surface area contributed by atoms with Crippen molar-refractivity contribution in [1.29, 1.82) is 0 Å². The Hall–Kier alpha value is -3.15. The molecule has 4 heterocycles. The molecule has 2 aromatic heterocycles. The zero-order valence-electron chi connectivity index (χ0n) is 22.5. The van der Waals surface area contributed by atoms with Crippen LogP contribution in [0.4, 0.5) is 4.79 Å². The van der Waals surface area contributed by atoms with Gasteiger partial charge in [-0.25, -0.2) is 9.78 Å². The first-order valence-corrected chi connectivity index (χ1v) is 14.2.